The Morgan fingerprint density at radius 2 is 1.94 bits per heavy atom. The highest BCUT2D eigenvalue weighted by atomic mass is 19.1. The van der Waals surface area contributed by atoms with Gasteiger partial charge in [0.1, 0.15) is 11.6 Å². The predicted octanol–water partition coefficient (Wildman–Crippen LogP) is 2.80. The number of esters is 1. The van der Waals surface area contributed by atoms with E-state index in [2.05, 4.69) is 15.3 Å². The highest BCUT2D eigenvalue weighted by molar-refractivity contribution is 6.62. The second-order valence-electron chi connectivity index (χ2n) is 9.09. The molecule has 4 rings (SSSR count). The molecule has 9 heteroatoms. The molecular weight excluding hydrogens is 400 g/mol. The summed E-state index contributed by atoms with van der Waals surface area (Å²) in [6.07, 6.45) is 3.97. The van der Waals surface area contributed by atoms with Gasteiger partial charge in [0, 0.05) is 18.0 Å². The number of nitrogens with zero attached hydrogens (tertiary/aromatic N) is 2. The average Bonchev–Trinajstić information content (AvgIpc) is 3.49. The molecule has 1 saturated heterocycles. The maximum Gasteiger partial charge on any atom is 0.494 e. The highest BCUT2D eigenvalue weighted by Crippen LogP contribution is 2.47. The normalized spacial score (nSPS) is 23.5. The number of halogens is 1. The Bertz CT molecular complexity index is 967. The minimum Gasteiger partial charge on any atom is -0.469 e. The molecule has 2 aliphatic rings. The number of ether oxygens (including phenoxy) is 1. The van der Waals surface area contributed by atoms with Gasteiger partial charge < -0.3 is 19.4 Å². The monoisotopic (exact) mass is 427 g/mol. The molecule has 1 aliphatic carbocycles. The van der Waals surface area contributed by atoms with E-state index in [-0.39, 0.29) is 30.2 Å². The number of methoxy groups -OCH3 is 1. The number of aromatic nitrogens is 2. The zero-order chi connectivity index (χ0) is 22.4. The summed E-state index contributed by atoms with van der Waals surface area (Å²) in [5.41, 5.74) is 1.08. The van der Waals surface area contributed by atoms with Gasteiger partial charge in [0.05, 0.1) is 42.3 Å². The Labute approximate surface area is 181 Å². The fourth-order valence-electron chi connectivity index (χ4n) is 3.60. The molecule has 0 spiro atoms. The van der Waals surface area contributed by atoms with E-state index < -0.39 is 18.3 Å². The third kappa shape index (κ3) is 4.29. The molecule has 0 unspecified atom stereocenters. The molecule has 2 heterocycles. The van der Waals surface area contributed by atoms with Crippen molar-refractivity contribution in [2.24, 2.45) is 5.92 Å². The number of hydrogen-bond donors (Lipinski definition) is 1. The summed E-state index contributed by atoms with van der Waals surface area (Å²) in [7, 11) is 0.835. The summed E-state index contributed by atoms with van der Waals surface area (Å²) in [5.74, 6) is -0.0879. The van der Waals surface area contributed by atoms with Crippen molar-refractivity contribution in [1.82, 2.24) is 9.97 Å². The zero-order valence-corrected chi connectivity index (χ0v) is 18.4. The van der Waals surface area contributed by atoms with Crippen molar-refractivity contribution >= 4 is 24.4 Å². The largest absolute Gasteiger partial charge is 0.494 e. The second-order valence-corrected chi connectivity index (χ2v) is 9.09. The summed E-state index contributed by atoms with van der Waals surface area (Å²) >= 11 is 0. The molecule has 1 aromatic heterocycles. The lowest BCUT2D eigenvalue weighted by Crippen LogP contribution is -2.41. The molecule has 1 aromatic carbocycles. The van der Waals surface area contributed by atoms with Crippen LogP contribution in [0, 0.1) is 11.7 Å². The van der Waals surface area contributed by atoms with E-state index in [4.69, 9.17) is 14.0 Å². The third-order valence-electron chi connectivity index (χ3n) is 6.40. The Morgan fingerprint density at radius 3 is 2.55 bits per heavy atom. The summed E-state index contributed by atoms with van der Waals surface area (Å²) in [6, 6.07) is 4.85. The molecule has 7 nitrogen and oxygen atoms in total. The second kappa shape index (κ2) is 7.87. The first-order valence-electron chi connectivity index (χ1n) is 10.4. The molecule has 2 aromatic rings. The molecule has 2 atom stereocenters. The molecule has 1 N–H and O–H groups in total. The van der Waals surface area contributed by atoms with E-state index in [1.165, 1.54) is 13.2 Å². The van der Waals surface area contributed by atoms with E-state index in [0.717, 1.165) is 17.6 Å². The van der Waals surface area contributed by atoms with Gasteiger partial charge in [-0.1, -0.05) is 12.1 Å². The first-order chi connectivity index (χ1) is 14.6. The summed E-state index contributed by atoms with van der Waals surface area (Å²) < 4.78 is 31.3. The van der Waals surface area contributed by atoms with Gasteiger partial charge in [-0.05, 0) is 45.6 Å². The smallest absolute Gasteiger partial charge is 0.469 e. The molecule has 31 heavy (non-hydrogen) atoms. The van der Waals surface area contributed by atoms with Crippen LogP contribution >= 0.6 is 0 Å². The first kappa shape index (κ1) is 21.7. The molecule has 0 bridgehead atoms. The van der Waals surface area contributed by atoms with Crippen LogP contribution in [0.25, 0.3) is 0 Å². The highest BCUT2D eigenvalue weighted by Gasteiger charge is 2.51. The number of hydrogen-bond acceptors (Lipinski definition) is 7. The Hall–Kier alpha value is -2.52. The van der Waals surface area contributed by atoms with Crippen LogP contribution in [0.15, 0.2) is 30.6 Å². The van der Waals surface area contributed by atoms with Gasteiger partial charge in [-0.25, -0.2) is 9.37 Å². The zero-order valence-electron chi connectivity index (χ0n) is 18.4. The Balaban J connectivity index is 1.40. The van der Waals surface area contributed by atoms with Crippen molar-refractivity contribution < 1.29 is 23.2 Å². The fraction of sp³-hybridized carbons (Fsp3) is 0.500. The van der Waals surface area contributed by atoms with Crippen LogP contribution in [0.5, 0.6) is 0 Å². The lowest BCUT2D eigenvalue weighted by Gasteiger charge is -2.32. The van der Waals surface area contributed by atoms with Gasteiger partial charge >= 0.3 is 13.1 Å². The van der Waals surface area contributed by atoms with Gasteiger partial charge in [0.25, 0.3) is 0 Å². The molecule has 0 radical (unpaired) electrons. The van der Waals surface area contributed by atoms with Gasteiger partial charge in [-0.2, -0.15) is 0 Å². The number of carbonyl (C=O) groups is 1. The van der Waals surface area contributed by atoms with E-state index in [0.29, 0.717) is 11.4 Å². The predicted molar refractivity (Wildman–Crippen MR) is 114 cm³/mol. The van der Waals surface area contributed by atoms with Crippen molar-refractivity contribution in [3.8, 4) is 0 Å². The molecule has 164 valence electrons. The van der Waals surface area contributed by atoms with Gasteiger partial charge in [0.15, 0.2) is 0 Å². The average molecular weight is 427 g/mol. The summed E-state index contributed by atoms with van der Waals surface area (Å²) in [5, 5.41) is 3.10. The van der Waals surface area contributed by atoms with Crippen molar-refractivity contribution in [3.05, 3.63) is 47.7 Å². The molecule has 1 saturated carbocycles. The van der Waals surface area contributed by atoms with Crippen molar-refractivity contribution in [2.45, 2.75) is 57.8 Å². The van der Waals surface area contributed by atoms with Crippen molar-refractivity contribution in [1.29, 1.82) is 0 Å². The Kier molecular flexibility index (Phi) is 5.51. The van der Waals surface area contributed by atoms with Crippen LogP contribution in [-0.2, 0) is 25.4 Å². The van der Waals surface area contributed by atoms with Crippen molar-refractivity contribution in [2.75, 3.05) is 12.4 Å². The van der Waals surface area contributed by atoms with Gasteiger partial charge in [-0.15, -0.1) is 0 Å². The maximum absolute atomic E-state index is 14.4. The topological polar surface area (TPSA) is 82.6 Å². The number of nitrogens with one attached hydrogen (secondary N) is 1. The fourth-order valence-corrected chi connectivity index (χ4v) is 3.60. The number of rotatable bonds is 6. The Morgan fingerprint density at radius 1 is 1.23 bits per heavy atom. The third-order valence-corrected chi connectivity index (χ3v) is 6.40. The number of anilines is 1. The summed E-state index contributed by atoms with van der Waals surface area (Å²) in [4.78, 5) is 20.3. The number of carbonyl (C=O) groups excluding carboxylic acids is 1. The van der Waals surface area contributed by atoms with E-state index >= 15 is 0 Å². The quantitative estimate of drug-likeness (QED) is 0.561. The van der Waals surface area contributed by atoms with E-state index in [9.17, 15) is 9.18 Å². The lowest BCUT2D eigenvalue weighted by molar-refractivity contribution is -0.142. The van der Waals surface area contributed by atoms with Crippen LogP contribution < -0.4 is 10.8 Å². The molecule has 0 amide bonds. The molecule has 1 aliphatic heterocycles. The summed E-state index contributed by atoms with van der Waals surface area (Å²) in [6.45, 7) is 8.17. The van der Waals surface area contributed by atoms with Crippen LogP contribution in [0.2, 0.25) is 0 Å². The van der Waals surface area contributed by atoms with Crippen LogP contribution in [0.1, 0.15) is 51.3 Å². The minimum absolute atomic E-state index is 0.0584. The van der Waals surface area contributed by atoms with E-state index in [1.54, 1.807) is 24.5 Å². The van der Waals surface area contributed by atoms with Crippen molar-refractivity contribution in [3.63, 3.8) is 0 Å². The van der Waals surface area contributed by atoms with Gasteiger partial charge in [-0.3, -0.25) is 9.78 Å². The van der Waals surface area contributed by atoms with E-state index in [1.807, 2.05) is 27.7 Å². The van der Waals surface area contributed by atoms with Crippen LogP contribution in [-0.4, -0.2) is 41.4 Å². The number of benzene rings is 1. The van der Waals surface area contributed by atoms with Gasteiger partial charge in [0.2, 0.25) is 0 Å². The maximum atomic E-state index is 14.4. The van der Waals surface area contributed by atoms with Crippen LogP contribution in [0.3, 0.4) is 0 Å². The minimum atomic E-state index is -0.551. The first-order valence-corrected chi connectivity index (χ1v) is 10.4. The molecular formula is C22H27BFN3O4. The SMILES string of the molecule is COC(=O)[C@H]1C[C@@H]1c1cnc(NCc2cc(B3OC(C)(C)C(C)(C)O3)ccc2F)cn1. The van der Waals surface area contributed by atoms with Crippen LogP contribution in [0.4, 0.5) is 10.2 Å². The lowest BCUT2D eigenvalue weighted by atomic mass is 9.78. The molecule has 2 fully saturated rings. The standard InChI is InChI=1S/C22H27BFN3O4/c1-21(2)22(3,4)31-23(30-21)14-6-7-17(24)13(8-14)10-26-19-12-25-18(11-27-19)15-9-16(15)20(28)29-5/h6-8,11-12,15-16H,9-10H2,1-5H3,(H,26,27)/t15-,16-/m0/s1.